The molecule has 1 aromatic heterocycles. The molecule has 0 aliphatic heterocycles. The zero-order valence-corrected chi connectivity index (χ0v) is 20.8. The van der Waals surface area contributed by atoms with Gasteiger partial charge in [0.15, 0.2) is 5.13 Å². The Morgan fingerprint density at radius 1 is 0.812 bits per heavy atom. The molecular weight excluding hydrogens is 455 g/mol. The molecule has 0 amide bonds. The normalized spacial score (nSPS) is 11.5. The van der Waals surface area contributed by atoms with Gasteiger partial charge >= 0.3 is 0 Å². The van der Waals surface area contributed by atoms with E-state index >= 15 is 0 Å². The van der Waals surface area contributed by atoms with Crippen molar-refractivity contribution < 1.29 is 0 Å². The highest BCUT2D eigenvalue weighted by molar-refractivity contribution is 7.16. The van der Waals surface area contributed by atoms with Crippen LogP contribution in [0.2, 0.25) is 10.0 Å². The van der Waals surface area contributed by atoms with E-state index in [4.69, 9.17) is 28.2 Å². The van der Waals surface area contributed by atoms with Crippen LogP contribution in [0.3, 0.4) is 0 Å². The van der Waals surface area contributed by atoms with Crippen molar-refractivity contribution in [1.82, 2.24) is 4.98 Å². The summed E-state index contributed by atoms with van der Waals surface area (Å²) in [7, 11) is 0. The molecule has 0 aliphatic carbocycles. The van der Waals surface area contributed by atoms with Crippen molar-refractivity contribution in [3.63, 3.8) is 0 Å². The fourth-order valence-electron chi connectivity index (χ4n) is 3.53. The Morgan fingerprint density at radius 3 is 2.00 bits per heavy atom. The number of hydrogen-bond acceptors (Lipinski definition) is 3. The van der Waals surface area contributed by atoms with E-state index in [1.165, 1.54) is 10.4 Å². The SMILES string of the molecule is CC(C)(C)c1ccc(-c2nc(NCc3ccccc3Cl)sc2Cc2ccccc2Cl)cc1. The summed E-state index contributed by atoms with van der Waals surface area (Å²) in [5, 5.41) is 5.87. The summed E-state index contributed by atoms with van der Waals surface area (Å²) < 4.78 is 0. The monoisotopic (exact) mass is 480 g/mol. The van der Waals surface area contributed by atoms with Crippen molar-refractivity contribution in [3.8, 4) is 11.3 Å². The topological polar surface area (TPSA) is 24.9 Å². The Bertz CT molecular complexity index is 1210. The van der Waals surface area contributed by atoms with Gasteiger partial charge in [0, 0.05) is 33.5 Å². The summed E-state index contributed by atoms with van der Waals surface area (Å²) in [4.78, 5) is 6.15. The number of nitrogens with one attached hydrogen (secondary N) is 1. The summed E-state index contributed by atoms with van der Waals surface area (Å²) in [6, 6.07) is 24.6. The summed E-state index contributed by atoms with van der Waals surface area (Å²) in [6.07, 6.45) is 0.738. The van der Waals surface area contributed by atoms with E-state index in [1.807, 2.05) is 42.5 Å². The second-order valence-corrected chi connectivity index (χ2v) is 10.7. The van der Waals surface area contributed by atoms with E-state index in [0.29, 0.717) is 6.54 Å². The maximum atomic E-state index is 6.46. The molecule has 0 unspecified atom stereocenters. The average molecular weight is 481 g/mol. The Morgan fingerprint density at radius 2 is 1.41 bits per heavy atom. The maximum Gasteiger partial charge on any atom is 0.183 e. The molecule has 0 fully saturated rings. The minimum absolute atomic E-state index is 0.114. The lowest BCUT2D eigenvalue weighted by molar-refractivity contribution is 0.590. The molecule has 32 heavy (non-hydrogen) atoms. The second kappa shape index (κ2) is 9.66. The highest BCUT2D eigenvalue weighted by atomic mass is 35.5. The number of rotatable bonds is 6. The molecule has 5 heteroatoms. The molecule has 1 N–H and O–H groups in total. The van der Waals surface area contributed by atoms with Crippen LogP contribution in [-0.4, -0.2) is 4.98 Å². The molecule has 4 rings (SSSR count). The third kappa shape index (κ3) is 5.35. The number of anilines is 1. The van der Waals surface area contributed by atoms with Crippen molar-refractivity contribution in [2.75, 3.05) is 5.32 Å². The summed E-state index contributed by atoms with van der Waals surface area (Å²) in [5.41, 5.74) is 5.68. The fraction of sp³-hybridized carbons (Fsp3) is 0.222. The Kier molecular flexibility index (Phi) is 6.90. The molecule has 0 atom stereocenters. The van der Waals surface area contributed by atoms with Gasteiger partial charge in [-0.25, -0.2) is 4.98 Å². The third-order valence-corrected chi connectivity index (χ3v) is 7.17. The summed E-state index contributed by atoms with van der Waals surface area (Å²) in [5.74, 6) is 0. The van der Waals surface area contributed by atoms with E-state index in [9.17, 15) is 0 Å². The van der Waals surface area contributed by atoms with Crippen molar-refractivity contribution in [1.29, 1.82) is 0 Å². The number of benzene rings is 3. The van der Waals surface area contributed by atoms with Gasteiger partial charge in [0.2, 0.25) is 0 Å². The van der Waals surface area contributed by atoms with Crippen LogP contribution < -0.4 is 5.32 Å². The molecule has 1 heterocycles. The van der Waals surface area contributed by atoms with Crippen molar-refractivity contribution in [2.24, 2.45) is 0 Å². The molecule has 4 aromatic rings. The smallest absolute Gasteiger partial charge is 0.183 e. The average Bonchev–Trinajstić information content (AvgIpc) is 3.17. The molecule has 0 radical (unpaired) electrons. The van der Waals surface area contributed by atoms with Crippen LogP contribution in [0, 0.1) is 0 Å². The summed E-state index contributed by atoms with van der Waals surface area (Å²) >= 11 is 14.5. The van der Waals surface area contributed by atoms with E-state index in [2.05, 4.69) is 56.4 Å². The molecule has 0 saturated carbocycles. The quantitative estimate of drug-likeness (QED) is 0.298. The number of halogens is 2. The van der Waals surface area contributed by atoms with E-state index in [0.717, 1.165) is 44.0 Å². The van der Waals surface area contributed by atoms with Gasteiger partial charge < -0.3 is 5.32 Å². The first-order valence-corrected chi connectivity index (χ1v) is 12.2. The zero-order valence-electron chi connectivity index (χ0n) is 18.5. The predicted octanol–water partition coefficient (Wildman–Crippen LogP) is 8.62. The first kappa shape index (κ1) is 22.8. The molecule has 0 aliphatic rings. The van der Waals surface area contributed by atoms with E-state index in [-0.39, 0.29) is 5.41 Å². The van der Waals surface area contributed by atoms with Gasteiger partial charge in [-0.3, -0.25) is 0 Å². The Labute approximate surface area is 204 Å². The number of thiazole rings is 1. The lowest BCUT2D eigenvalue weighted by Gasteiger charge is -2.19. The maximum absolute atomic E-state index is 6.46. The van der Waals surface area contributed by atoms with E-state index in [1.54, 1.807) is 11.3 Å². The zero-order chi connectivity index (χ0) is 22.7. The molecule has 3 aromatic carbocycles. The lowest BCUT2D eigenvalue weighted by Crippen LogP contribution is -2.10. The van der Waals surface area contributed by atoms with Gasteiger partial charge in [0.1, 0.15) is 0 Å². The Hall–Kier alpha value is -2.33. The van der Waals surface area contributed by atoms with Crippen LogP contribution in [0.5, 0.6) is 0 Å². The third-order valence-electron chi connectivity index (χ3n) is 5.42. The highest BCUT2D eigenvalue weighted by Gasteiger charge is 2.17. The molecule has 0 saturated heterocycles. The fourth-order valence-corrected chi connectivity index (χ4v) is 4.94. The second-order valence-electron chi connectivity index (χ2n) is 8.83. The van der Waals surface area contributed by atoms with Crippen molar-refractivity contribution in [3.05, 3.63) is 104 Å². The highest BCUT2D eigenvalue weighted by Crippen LogP contribution is 2.35. The minimum Gasteiger partial charge on any atom is -0.357 e. The van der Waals surface area contributed by atoms with Crippen molar-refractivity contribution in [2.45, 2.75) is 39.2 Å². The van der Waals surface area contributed by atoms with Gasteiger partial charge in [-0.1, -0.05) is 105 Å². The van der Waals surface area contributed by atoms with Gasteiger partial charge in [0.25, 0.3) is 0 Å². The molecule has 2 nitrogen and oxygen atoms in total. The number of nitrogens with zero attached hydrogens (tertiary/aromatic N) is 1. The van der Waals surface area contributed by atoms with E-state index < -0.39 is 0 Å². The largest absolute Gasteiger partial charge is 0.357 e. The first-order valence-electron chi connectivity index (χ1n) is 10.6. The van der Waals surface area contributed by atoms with Crippen molar-refractivity contribution >= 4 is 39.7 Å². The number of hydrogen-bond donors (Lipinski definition) is 1. The van der Waals surface area contributed by atoms with Gasteiger partial charge in [-0.05, 0) is 34.2 Å². The van der Waals surface area contributed by atoms with Crippen LogP contribution in [-0.2, 0) is 18.4 Å². The Balaban J connectivity index is 1.66. The van der Waals surface area contributed by atoms with Gasteiger partial charge in [-0.2, -0.15) is 0 Å². The predicted molar refractivity (Wildman–Crippen MR) is 139 cm³/mol. The standard InChI is InChI=1S/C27H26Cl2N2S/c1-27(2,3)21-14-12-18(13-15-21)25-24(16-19-8-4-6-10-22(19)28)32-26(31-25)30-17-20-9-5-7-11-23(20)29/h4-15H,16-17H2,1-3H3,(H,30,31). The van der Waals surface area contributed by atoms with Crippen LogP contribution >= 0.6 is 34.5 Å². The van der Waals surface area contributed by atoms with Gasteiger partial charge in [-0.15, -0.1) is 11.3 Å². The molecule has 0 bridgehead atoms. The summed E-state index contributed by atoms with van der Waals surface area (Å²) in [6.45, 7) is 7.31. The van der Waals surface area contributed by atoms with Crippen LogP contribution in [0.4, 0.5) is 5.13 Å². The van der Waals surface area contributed by atoms with Gasteiger partial charge in [0.05, 0.1) is 5.69 Å². The van der Waals surface area contributed by atoms with Crippen LogP contribution in [0.25, 0.3) is 11.3 Å². The lowest BCUT2D eigenvalue weighted by atomic mass is 9.86. The molecular formula is C27H26Cl2N2S. The molecule has 164 valence electrons. The molecule has 0 spiro atoms. The first-order chi connectivity index (χ1) is 15.3. The van der Waals surface area contributed by atoms with Crippen LogP contribution in [0.1, 0.15) is 42.3 Å². The number of aromatic nitrogens is 1. The van der Waals surface area contributed by atoms with Crippen LogP contribution in [0.15, 0.2) is 72.8 Å². The minimum atomic E-state index is 0.114.